The maximum absolute atomic E-state index is 3.45. The highest BCUT2D eigenvalue weighted by Gasteiger charge is 2.39. The van der Waals surface area contributed by atoms with Crippen molar-refractivity contribution >= 4 is 11.3 Å². The summed E-state index contributed by atoms with van der Waals surface area (Å²) >= 11 is 1.91. The molecular formula is C16H26N2S. The fourth-order valence-electron chi connectivity index (χ4n) is 3.68. The first kappa shape index (κ1) is 13.6. The molecule has 2 fully saturated rings. The van der Waals surface area contributed by atoms with Gasteiger partial charge in [-0.25, -0.2) is 0 Å². The molecule has 0 spiro atoms. The van der Waals surface area contributed by atoms with Crippen molar-refractivity contribution in [3.05, 3.63) is 22.4 Å². The van der Waals surface area contributed by atoms with Crippen LogP contribution in [0.15, 0.2) is 17.5 Å². The van der Waals surface area contributed by atoms with Crippen molar-refractivity contribution in [3.63, 3.8) is 0 Å². The van der Waals surface area contributed by atoms with Gasteiger partial charge in [0.1, 0.15) is 0 Å². The first-order valence-electron chi connectivity index (χ1n) is 7.72. The van der Waals surface area contributed by atoms with Gasteiger partial charge < -0.3 is 5.32 Å². The predicted octanol–water partition coefficient (Wildman–Crippen LogP) is 3.49. The smallest absolute Gasteiger partial charge is 0.0331 e. The van der Waals surface area contributed by atoms with Crippen molar-refractivity contribution in [1.29, 1.82) is 0 Å². The first-order valence-corrected chi connectivity index (χ1v) is 8.60. The molecule has 2 nitrogen and oxygen atoms in total. The number of hydrogen-bond acceptors (Lipinski definition) is 3. The second kappa shape index (κ2) is 5.94. The Morgan fingerprint density at radius 2 is 2.16 bits per heavy atom. The van der Waals surface area contributed by atoms with Crippen molar-refractivity contribution in [1.82, 2.24) is 10.2 Å². The third-order valence-electron chi connectivity index (χ3n) is 4.76. The molecule has 0 saturated heterocycles. The minimum absolute atomic E-state index is 0.550. The average Bonchev–Trinajstić information content (AvgIpc) is 2.94. The highest BCUT2D eigenvalue weighted by molar-refractivity contribution is 7.09. The van der Waals surface area contributed by atoms with Gasteiger partial charge in [-0.2, -0.15) is 0 Å². The van der Waals surface area contributed by atoms with Gasteiger partial charge in [-0.15, -0.1) is 11.3 Å². The van der Waals surface area contributed by atoms with E-state index in [2.05, 4.69) is 34.8 Å². The van der Waals surface area contributed by atoms with Crippen LogP contribution >= 0.6 is 11.3 Å². The fraction of sp³-hybridized carbons (Fsp3) is 0.750. The van der Waals surface area contributed by atoms with E-state index < -0.39 is 0 Å². The molecule has 0 atom stereocenters. The van der Waals surface area contributed by atoms with Crippen LogP contribution in [0.3, 0.4) is 0 Å². The van der Waals surface area contributed by atoms with Gasteiger partial charge in [0.15, 0.2) is 0 Å². The Kier molecular flexibility index (Phi) is 4.25. The standard InChI is InChI=1S/C16H26N2S/c1-17-12-16(8-2-3-9-16)13-18(14-6-7-14)11-15-5-4-10-19-15/h4-5,10,14,17H,2-3,6-9,11-13H2,1H3. The molecule has 106 valence electrons. The van der Waals surface area contributed by atoms with Crippen molar-refractivity contribution < 1.29 is 0 Å². The molecule has 3 rings (SSSR count). The highest BCUT2D eigenvalue weighted by atomic mass is 32.1. The summed E-state index contributed by atoms with van der Waals surface area (Å²) in [5.41, 5.74) is 0.550. The van der Waals surface area contributed by atoms with Crippen LogP contribution in [0.1, 0.15) is 43.4 Å². The molecule has 0 amide bonds. The van der Waals surface area contributed by atoms with Gasteiger partial charge in [0, 0.05) is 30.6 Å². The van der Waals surface area contributed by atoms with Crippen LogP contribution < -0.4 is 5.32 Å². The Morgan fingerprint density at radius 3 is 2.74 bits per heavy atom. The van der Waals surface area contributed by atoms with Gasteiger partial charge in [-0.05, 0) is 49.6 Å². The van der Waals surface area contributed by atoms with Crippen molar-refractivity contribution in [3.8, 4) is 0 Å². The van der Waals surface area contributed by atoms with Crippen LogP contribution in [0.2, 0.25) is 0 Å². The Hall–Kier alpha value is -0.380. The quantitative estimate of drug-likeness (QED) is 0.821. The molecule has 1 aromatic rings. The molecule has 1 N–H and O–H groups in total. The third-order valence-corrected chi connectivity index (χ3v) is 5.62. The molecule has 0 aliphatic heterocycles. The number of hydrogen-bond donors (Lipinski definition) is 1. The van der Waals surface area contributed by atoms with Gasteiger partial charge >= 0.3 is 0 Å². The van der Waals surface area contributed by atoms with Crippen molar-refractivity contribution in [2.24, 2.45) is 5.41 Å². The van der Waals surface area contributed by atoms with Crippen LogP contribution in [0.25, 0.3) is 0 Å². The Bertz CT molecular complexity index is 377. The summed E-state index contributed by atoms with van der Waals surface area (Å²) in [5.74, 6) is 0. The SMILES string of the molecule is CNCC1(CN(Cc2cccs2)C2CC2)CCCC1. The zero-order valence-electron chi connectivity index (χ0n) is 12.0. The fourth-order valence-corrected chi connectivity index (χ4v) is 4.41. The second-order valence-electron chi connectivity index (χ2n) is 6.45. The lowest BCUT2D eigenvalue weighted by Gasteiger charge is -2.35. The summed E-state index contributed by atoms with van der Waals surface area (Å²) in [6.45, 7) is 3.67. The summed E-state index contributed by atoms with van der Waals surface area (Å²) in [7, 11) is 2.11. The molecule has 0 bridgehead atoms. The van der Waals surface area contributed by atoms with Crippen LogP contribution in [0, 0.1) is 5.41 Å². The van der Waals surface area contributed by atoms with Crippen LogP contribution in [0.5, 0.6) is 0 Å². The van der Waals surface area contributed by atoms with E-state index >= 15 is 0 Å². The normalized spacial score (nSPS) is 22.2. The lowest BCUT2D eigenvalue weighted by Crippen LogP contribution is -2.42. The summed E-state index contributed by atoms with van der Waals surface area (Å²) in [5, 5.41) is 5.66. The molecule has 1 aromatic heterocycles. The summed E-state index contributed by atoms with van der Waals surface area (Å²) < 4.78 is 0. The van der Waals surface area contributed by atoms with Gasteiger partial charge in [-0.1, -0.05) is 18.9 Å². The molecule has 3 heteroatoms. The van der Waals surface area contributed by atoms with E-state index in [1.54, 1.807) is 0 Å². The van der Waals surface area contributed by atoms with Gasteiger partial charge in [0.25, 0.3) is 0 Å². The second-order valence-corrected chi connectivity index (χ2v) is 7.49. The van der Waals surface area contributed by atoms with Gasteiger partial charge in [0.2, 0.25) is 0 Å². The van der Waals surface area contributed by atoms with E-state index in [-0.39, 0.29) is 0 Å². The van der Waals surface area contributed by atoms with E-state index in [0.29, 0.717) is 5.41 Å². The Balaban J connectivity index is 1.66. The number of rotatable bonds is 7. The van der Waals surface area contributed by atoms with E-state index in [1.807, 2.05) is 11.3 Å². The molecule has 2 aliphatic rings. The van der Waals surface area contributed by atoms with Crippen LogP contribution in [-0.2, 0) is 6.54 Å². The van der Waals surface area contributed by atoms with E-state index in [1.165, 1.54) is 63.0 Å². The summed E-state index contributed by atoms with van der Waals surface area (Å²) in [6.07, 6.45) is 8.53. The van der Waals surface area contributed by atoms with Gasteiger partial charge in [-0.3, -0.25) is 4.90 Å². The third kappa shape index (κ3) is 3.39. The molecule has 1 heterocycles. The summed E-state index contributed by atoms with van der Waals surface area (Å²) in [6, 6.07) is 5.35. The van der Waals surface area contributed by atoms with Crippen LogP contribution in [-0.4, -0.2) is 31.1 Å². The molecular weight excluding hydrogens is 252 g/mol. The van der Waals surface area contributed by atoms with Crippen molar-refractivity contribution in [2.75, 3.05) is 20.1 Å². The average molecular weight is 278 g/mol. The first-order chi connectivity index (χ1) is 9.31. The lowest BCUT2D eigenvalue weighted by molar-refractivity contribution is 0.138. The molecule has 0 unspecified atom stereocenters. The number of nitrogens with zero attached hydrogens (tertiary/aromatic N) is 1. The van der Waals surface area contributed by atoms with E-state index in [9.17, 15) is 0 Å². The van der Waals surface area contributed by atoms with E-state index in [4.69, 9.17) is 0 Å². The lowest BCUT2D eigenvalue weighted by atomic mass is 9.85. The van der Waals surface area contributed by atoms with E-state index in [0.717, 1.165) is 6.04 Å². The topological polar surface area (TPSA) is 15.3 Å². The van der Waals surface area contributed by atoms with Gasteiger partial charge in [0.05, 0.1) is 0 Å². The maximum Gasteiger partial charge on any atom is 0.0331 e. The minimum atomic E-state index is 0.550. The zero-order chi connectivity index (χ0) is 13.1. The Morgan fingerprint density at radius 1 is 1.37 bits per heavy atom. The highest BCUT2D eigenvalue weighted by Crippen LogP contribution is 2.41. The predicted molar refractivity (Wildman–Crippen MR) is 82.6 cm³/mol. The van der Waals surface area contributed by atoms with Crippen molar-refractivity contribution in [2.45, 2.75) is 51.1 Å². The maximum atomic E-state index is 3.45. The molecule has 0 radical (unpaired) electrons. The summed E-state index contributed by atoms with van der Waals surface area (Å²) in [4.78, 5) is 4.30. The largest absolute Gasteiger partial charge is 0.319 e. The molecule has 19 heavy (non-hydrogen) atoms. The molecule has 0 aromatic carbocycles. The number of thiophene rings is 1. The molecule has 2 aliphatic carbocycles. The number of nitrogens with one attached hydrogen (secondary N) is 1. The Labute approximate surface area is 121 Å². The molecule has 2 saturated carbocycles. The zero-order valence-corrected chi connectivity index (χ0v) is 12.8. The minimum Gasteiger partial charge on any atom is -0.319 e. The monoisotopic (exact) mass is 278 g/mol. The van der Waals surface area contributed by atoms with Crippen LogP contribution in [0.4, 0.5) is 0 Å².